The normalized spacial score (nSPS) is 12.5. The van der Waals surface area contributed by atoms with Crippen molar-refractivity contribution in [2.24, 2.45) is 0 Å². The molecule has 144 valence electrons. The van der Waals surface area contributed by atoms with Crippen molar-refractivity contribution in [1.82, 2.24) is 9.55 Å². The summed E-state index contributed by atoms with van der Waals surface area (Å²) < 4.78 is 8.07. The van der Waals surface area contributed by atoms with E-state index in [1.54, 1.807) is 12.1 Å². The first-order valence-corrected chi connectivity index (χ1v) is 9.31. The summed E-state index contributed by atoms with van der Waals surface area (Å²) in [6.07, 6.45) is 2.34. The summed E-state index contributed by atoms with van der Waals surface area (Å²) in [5, 5.41) is 22.3. The van der Waals surface area contributed by atoms with Gasteiger partial charge in [0.2, 0.25) is 0 Å². The summed E-state index contributed by atoms with van der Waals surface area (Å²) in [4.78, 5) is 4.58. The zero-order chi connectivity index (χ0) is 19.4. The van der Waals surface area contributed by atoms with Crippen molar-refractivity contribution in [3.05, 3.63) is 48.3 Å². The summed E-state index contributed by atoms with van der Waals surface area (Å²) in [6, 6.07) is 11.3. The Hall–Kier alpha value is -2.73. The van der Waals surface area contributed by atoms with Gasteiger partial charge in [0.15, 0.2) is 0 Å². The fourth-order valence-corrected chi connectivity index (χ4v) is 2.98. The number of aromatic nitrogens is 2. The molecule has 0 saturated carbocycles. The van der Waals surface area contributed by atoms with Crippen molar-refractivity contribution >= 4 is 16.7 Å². The first kappa shape index (κ1) is 19.0. The number of hydrogen-bond donors (Lipinski definition) is 3. The zero-order valence-electron chi connectivity index (χ0n) is 16.0. The Morgan fingerprint density at radius 3 is 2.56 bits per heavy atom. The number of nitrogens with zero attached hydrogens (tertiary/aromatic N) is 2. The molecule has 0 fully saturated rings. The van der Waals surface area contributed by atoms with Crippen molar-refractivity contribution < 1.29 is 14.9 Å². The number of imidazole rings is 1. The fourth-order valence-electron chi connectivity index (χ4n) is 2.98. The monoisotopic (exact) mass is 369 g/mol. The van der Waals surface area contributed by atoms with E-state index in [0.717, 1.165) is 28.7 Å². The van der Waals surface area contributed by atoms with Crippen LogP contribution in [0, 0.1) is 0 Å². The van der Waals surface area contributed by atoms with Gasteiger partial charge in [-0.05, 0) is 38.0 Å². The zero-order valence-corrected chi connectivity index (χ0v) is 16.0. The summed E-state index contributed by atoms with van der Waals surface area (Å²) in [5.74, 6) is 0.959. The number of hydrogen-bond acceptors (Lipinski definition) is 5. The van der Waals surface area contributed by atoms with Crippen molar-refractivity contribution in [3.8, 4) is 11.5 Å². The van der Waals surface area contributed by atoms with Gasteiger partial charge in [0.1, 0.15) is 23.1 Å². The molecule has 0 aliphatic rings. The van der Waals surface area contributed by atoms with Crippen LogP contribution < -0.4 is 10.1 Å². The molecule has 0 spiro atoms. The van der Waals surface area contributed by atoms with Crippen LogP contribution in [0.25, 0.3) is 11.0 Å². The van der Waals surface area contributed by atoms with Crippen LogP contribution in [0.3, 0.4) is 0 Å². The number of aliphatic hydroxyl groups is 1. The first-order valence-electron chi connectivity index (χ1n) is 9.31. The van der Waals surface area contributed by atoms with Gasteiger partial charge in [0.05, 0.1) is 24.1 Å². The summed E-state index contributed by atoms with van der Waals surface area (Å²) in [6.45, 7) is 6.79. The van der Waals surface area contributed by atoms with Crippen molar-refractivity contribution in [3.63, 3.8) is 0 Å². The average Bonchev–Trinajstić information content (AvgIpc) is 3.09. The number of rotatable bonds is 8. The van der Waals surface area contributed by atoms with Crippen molar-refractivity contribution in [1.29, 1.82) is 0 Å². The highest BCUT2D eigenvalue weighted by Crippen LogP contribution is 2.31. The maximum absolute atomic E-state index is 9.47. The van der Waals surface area contributed by atoms with E-state index in [1.807, 2.05) is 37.5 Å². The van der Waals surface area contributed by atoms with E-state index in [9.17, 15) is 10.2 Å². The van der Waals surface area contributed by atoms with E-state index in [2.05, 4.69) is 28.7 Å². The highest BCUT2D eigenvalue weighted by molar-refractivity contribution is 5.90. The van der Waals surface area contributed by atoms with E-state index in [-0.39, 0.29) is 24.5 Å². The quantitative estimate of drug-likeness (QED) is 0.557. The van der Waals surface area contributed by atoms with Gasteiger partial charge in [-0.15, -0.1) is 0 Å². The summed E-state index contributed by atoms with van der Waals surface area (Å²) in [5.41, 5.74) is 3.80. The van der Waals surface area contributed by atoms with Crippen LogP contribution in [0.4, 0.5) is 5.69 Å². The fraction of sp³-hybridized carbons (Fsp3) is 0.381. The number of ether oxygens (including phenoxy) is 1. The second-order valence-electron chi connectivity index (χ2n) is 6.93. The molecule has 3 N–H and O–H groups in total. The van der Waals surface area contributed by atoms with Crippen LogP contribution in [0.5, 0.6) is 11.5 Å². The van der Waals surface area contributed by atoms with Crippen molar-refractivity contribution in [2.45, 2.75) is 45.9 Å². The smallest absolute Gasteiger partial charge is 0.124 e. The molecule has 0 amide bonds. The van der Waals surface area contributed by atoms with Gasteiger partial charge in [0.25, 0.3) is 0 Å². The second kappa shape index (κ2) is 8.31. The van der Waals surface area contributed by atoms with Gasteiger partial charge < -0.3 is 24.8 Å². The Morgan fingerprint density at radius 1 is 1.19 bits per heavy atom. The number of phenolic OH excluding ortho intramolecular Hbond substituents is 1. The topological polar surface area (TPSA) is 79.5 Å². The lowest BCUT2D eigenvalue weighted by Crippen LogP contribution is -2.19. The highest BCUT2D eigenvalue weighted by atomic mass is 16.5. The molecule has 1 aromatic heterocycles. The van der Waals surface area contributed by atoms with Crippen LogP contribution in [0.2, 0.25) is 0 Å². The van der Waals surface area contributed by atoms with Crippen LogP contribution in [-0.4, -0.2) is 32.5 Å². The molecule has 3 rings (SSSR count). The van der Waals surface area contributed by atoms with Gasteiger partial charge in [-0.1, -0.05) is 19.1 Å². The van der Waals surface area contributed by atoms with Gasteiger partial charge in [-0.2, -0.15) is 0 Å². The molecule has 1 unspecified atom stereocenters. The number of nitrogens with one attached hydrogen (secondary N) is 1. The lowest BCUT2D eigenvalue weighted by Gasteiger charge is -2.17. The number of aliphatic hydroxyl groups excluding tert-OH is 1. The molecule has 1 atom stereocenters. The number of phenols is 1. The standard InChI is InChI=1S/C21H27N3O3/c1-4-17(12-25)27-18-9-19(22-11-15-5-7-16(26)8-6-15)21-20(10-18)24(13-23-21)14(2)3/h5-10,13-14,17,22,25-26H,4,11-12H2,1-3H3. The average molecular weight is 369 g/mol. The molecule has 0 bridgehead atoms. The predicted molar refractivity (Wildman–Crippen MR) is 107 cm³/mol. The second-order valence-corrected chi connectivity index (χ2v) is 6.93. The molecule has 1 heterocycles. The number of anilines is 1. The minimum absolute atomic E-state index is 0.0196. The van der Waals surface area contributed by atoms with Crippen molar-refractivity contribution in [2.75, 3.05) is 11.9 Å². The Morgan fingerprint density at radius 2 is 1.93 bits per heavy atom. The predicted octanol–water partition coefficient (Wildman–Crippen LogP) is 4.08. The van der Waals surface area contributed by atoms with Gasteiger partial charge in [-0.3, -0.25) is 0 Å². The highest BCUT2D eigenvalue weighted by Gasteiger charge is 2.14. The third kappa shape index (κ3) is 4.34. The molecule has 2 aromatic carbocycles. The molecule has 6 heteroatoms. The Balaban J connectivity index is 1.94. The van der Waals surface area contributed by atoms with E-state index in [1.165, 1.54) is 0 Å². The Bertz CT molecular complexity index is 884. The molecule has 0 radical (unpaired) electrons. The SMILES string of the molecule is CCC(CO)Oc1cc(NCc2ccc(O)cc2)c2ncn(C(C)C)c2c1. The maximum atomic E-state index is 9.47. The Labute approximate surface area is 159 Å². The first-order chi connectivity index (χ1) is 13.0. The Kier molecular flexibility index (Phi) is 5.86. The lowest BCUT2D eigenvalue weighted by molar-refractivity contribution is 0.113. The van der Waals surface area contributed by atoms with E-state index in [0.29, 0.717) is 12.3 Å². The molecule has 6 nitrogen and oxygen atoms in total. The van der Waals surface area contributed by atoms with E-state index < -0.39 is 0 Å². The molecule has 3 aromatic rings. The number of benzene rings is 2. The third-order valence-corrected chi connectivity index (χ3v) is 4.59. The molecule has 0 aliphatic carbocycles. The molecular formula is C21H27N3O3. The van der Waals surface area contributed by atoms with Crippen LogP contribution in [-0.2, 0) is 6.54 Å². The lowest BCUT2D eigenvalue weighted by atomic mass is 10.2. The van der Waals surface area contributed by atoms with Crippen LogP contribution >= 0.6 is 0 Å². The third-order valence-electron chi connectivity index (χ3n) is 4.59. The largest absolute Gasteiger partial charge is 0.508 e. The molecule has 0 saturated heterocycles. The minimum atomic E-state index is -0.234. The number of aromatic hydroxyl groups is 1. The minimum Gasteiger partial charge on any atom is -0.508 e. The van der Waals surface area contributed by atoms with E-state index >= 15 is 0 Å². The van der Waals surface area contributed by atoms with Crippen LogP contribution in [0.1, 0.15) is 38.8 Å². The molecule has 27 heavy (non-hydrogen) atoms. The molecule has 0 aliphatic heterocycles. The summed E-state index contributed by atoms with van der Waals surface area (Å²) in [7, 11) is 0. The maximum Gasteiger partial charge on any atom is 0.124 e. The van der Waals surface area contributed by atoms with Gasteiger partial charge >= 0.3 is 0 Å². The number of fused-ring (bicyclic) bond motifs is 1. The van der Waals surface area contributed by atoms with Gasteiger partial charge in [0, 0.05) is 24.7 Å². The van der Waals surface area contributed by atoms with Gasteiger partial charge in [-0.25, -0.2) is 4.98 Å². The summed E-state index contributed by atoms with van der Waals surface area (Å²) >= 11 is 0. The van der Waals surface area contributed by atoms with E-state index in [4.69, 9.17) is 4.74 Å². The van der Waals surface area contributed by atoms with Crippen LogP contribution in [0.15, 0.2) is 42.7 Å². The molecular weight excluding hydrogens is 342 g/mol.